The van der Waals surface area contributed by atoms with Crippen LogP contribution in [-0.4, -0.2) is 16.6 Å². The minimum Gasteiger partial charge on any atom is -0.380 e. The van der Waals surface area contributed by atoms with Crippen LogP contribution in [0, 0.1) is 5.92 Å². The number of nitrogens with two attached hydrogens (primary N) is 1. The lowest BCUT2D eigenvalue weighted by atomic mass is 9.92. The lowest BCUT2D eigenvalue weighted by molar-refractivity contribution is -0.137. The molecule has 1 aliphatic rings. The fourth-order valence-electron chi connectivity index (χ4n) is 2.05. The van der Waals surface area contributed by atoms with E-state index in [1.807, 2.05) is 0 Å². The Morgan fingerprint density at radius 3 is 2.77 bits per heavy atom. The van der Waals surface area contributed by atoms with E-state index in [1.54, 1.807) is 0 Å². The van der Waals surface area contributed by atoms with Gasteiger partial charge in [0.25, 0.3) is 0 Å². The highest BCUT2D eigenvalue weighted by Crippen LogP contribution is 2.31. The number of hydrogen-bond acceptors (Lipinski definition) is 2. The molecule has 1 fully saturated rings. The number of amides is 1. The molecule has 0 bridgehead atoms. The summed E-state index contributed by atoms with van der Waals surface area (Å²) in [4.78, 5) is 11.0. The molecule has 0 spiro atoms. The van der Waals surface area contributed by atoms with Gasteiger partial charge in [-0.25, -0.2) is 0 Å². The van der Waals surface area contributed by atoms with Gasteiger partial charge in [0.2, 0.25) is 5.91 Å². The molecule has 0 aliphatic heterocycles. The van der Waals surface area contributed by atoms with E-state index in [1.165, 1.54) is 0 Å². The van der Waals surface area contributed by atoms with Gasteiger partial charge in [0.1, 0.15) is 5.60 Å². The Labute approximate surface area is 79.3 Å². The number of primary amides is 1. The third-order valence-corrected chi connectivity index (χ3v) is 3.20. The standard InChI is InChI=1S/C10H19NO2/c1-2-8-4-3-6-10(13,7-5-8)9(11)12/h8,13H,2-7H2,1H3,(H2,11,12). The number of carbonyl (C=O) groups excluding carboxylic acids is 1. The van der Waals surface area contributed by atoms with Crippen molar-refractivity contribution in [3.63, 3.8) is 0 Å². The van der Waals surface area contributed by atoms with Crippen molar-refractivity contribution < 1.29 is 9.90 Å². The van der Waals surface area contributed by atoms with E-state index in [0.717, 1.165) is 25.7 Å². The Kier molecular flexibility index (Phi) is 3.31. The Hall–Kier alpha value is -0.570. The molecule has 3 nitrogen and oxygen atoms in total. The van der Waals surface area contributed by atoms with E-state index in [4.69, 9.17) is 5.73 Å². The van der Waals surface area contributed by atoms with Crippen molar-refractivity contribution >= 4 is 5.91 Å². The maximum absolute atomic E-state index is 11.0. The van der Waals surface area contributed by atoms with E-state index < -0.39 is 11.5 Å². The van der Waals surface area contributed by atoms with Crippen LogP contribution in [-0.2, 0) is 4.79 Å². The van der Waals surface area contributed by atoms with Crippen LogP contribution in [0.15, 0.2) is 0 Å². The molecule has 3 N–H and O–H groups in total. The second-order valence-corrected chi connectivity index (χ2v) is 4.10. The zero-order valence-corrected chi connectivity index (χ0v) is 8.25. The van der Waals surface area contributed by atoms with Gasteiger partial charge in [0.05, 0.1) is 0 Å². The summed E-state index contributed by atoms with van der Waals surface area (Å²) in [6.07, 6.45) is 5.18. The summed E-state index contributed by atoms with van der Waals surface area (Å²) in [6, 6.07) is 0. The van der Waals surface area contributed by atoms with Crippen LogP contribution < -0.4 is 5.73 Å². The molecule has 1 amide bonds. The monoisotopic (exact) mass is 185 g/mol. The summed E-state index contributed by atoms with van der Waals surface area (Å²) in [7, 11) is 0. The van der Waals surface area contributed by atoms with Gasteiger partial charge in [0.15, 0.2) is 0 Å². The molecule has 1 saturated carbocycles. The van der Waals surface area contributed by atoms with E-state index in [2.05, 4.69) is 6.92 Å². The molecular weight excluding hydrogens is 166 g/mol. The fraction of sp³-hybridized carbons (Fsp3) is 0.900. The number of rotatable bonds is 2. The SMILES string of the molecule is CCC1CCCC(O)(C(N)=O)CC1. The minimum absolute atomic E-state index is 0.541. The average Bonchev–Trinajstić information content (AvgIpc) is 2.28. The number of aliphatic hydroxyl groups is 1. The first-order valence-corrected chi connectivity index (χ1v) is 5.11. The molecule has 2 unspecified atom stereocenters. The van der Waals surface area contributed by atoms with Crippen LogP contribution in [0.5, 0.6) is 0 Å². The van der Waals surface area contributed by atoms with Crippen LogP contribution >= 0.6 is 0 Å². The summed E-state index contributed by atoms with van der Waals surface area (Å²) >= 11 is 0. The maximum atomic E-state index is 11.0. The molecule has 3 heteroatoms. The highest BCUT2D eigenvalue weighted by atomic mass is 16.3. The van der Waals surface area contributed by atoms with Gasteiger partial charge >= 0.3 is 0 Å². The van der Waals surface area contributed by atoms with Gasteiger partial charge in [-0.3, -0.25) is 4.79 Å². The van der Waals surface area contributed by atoms with Crippen LogP contribution in [0.25, 0.3) is 0 Å². The van der Waals surface area contributed by atoms with Crippen LogP contribution in [0.2, 0.25) is 0 Å². The maximum Gasteiger partial charge on any atom is 0.249 e. The summed E-state index contributed by atoms with van der Waals surface area (Å²) in [6.45, 7) is 2.15. The van der Waals surface area contributed by atoms with Crippen molar-refractivity contribution in [2.24, 2.45) is 11.7 Å². The Morgan fingerprint density at radius 1 is 1.54 bits per heavy atom. The lowest BCUT2D eigenvalue weighted by Crippen LogP contribution is -2.43. The van der Waals surface area contributed by atoms with Crippen molar-refractivity contribution in [2.75, 3.05) is 0 Å². The molecule has 1 aliphatic carbocycles. The van der Waals surface area contributed by atoms with Gasteiger partial charge in [-0.2, -0.15) is 0 Å². The second-order valence-electron chi connectivity index (χ2n) is 4.10. The highest BCUT2D eigenvalue weighted by molar-refractivity contribution is 5.83. The van der Waals surface area contributed by atoms with E-state index in [9.17, 15) is 9.90 Å². The van der Waals surface area contributed by atoms with Crippen molar-refractivity contribution in [3.05, 3.63) is 0 Å². The van der Waals surface area contributed by atoms with Gasteiger partial charge in [-0.1, -0.05) is 19.8 Å². The van der Waals surface area contributed by atoms with Gasteiger partial charge in [0, 0.05) is 0 Å². The molecule has 0 radical (unpaired) electrons. The normalized spacial score (nSPS) is 35.4. The second kappa shape index (κ2) is 4.09. The predicted octanol–water partition coefficient (Wildman–Crippen LogP) is 1.19. The Bertz CT molecular complexity index is 193. The number of hydrogen-bond donors (Lipinski definition) is 2. The first-order chi connectivity index (χ1) is 6.08. The number of carbonyl (C=O) groups is 1. The first-order valence-electron chi connectivity index (χ1n) is 5.11. The van der Waals surface area contributed by atoms with Gasteiger partial charge in [-0.05, 0) is 31.6 Å². The van der Waals surface area contributed by atoms with Crippen LogP contribution in [0.1, 0.15) is 45.4 Å². The molecule has 0 aromatic heterocycles. The van der Waals surface area contributed by atoms with Crippen molar-refractivity contribution in [2.45, 2.75) is 51.0 Å². The van der Waals surface area contributed by atoms with Crippen LogP contribution in [0.3, 0.4) is 0 Å². The van der Waals surface area contributed by atoms with Crippen molar-refractivity contribution in [3.8, 4) is 0 Å². The first kappa shape index (κ1) is 10.5. The highest BCUT2D eigenvalue weighted by Gasteiger charge is 2.35. The molecule has 0 aromatic carbocycles. The van der Waals surface area contributed by atoms with E-state index in [-0.39, 0.29) is 0 Å². The molecule has 13 heavy (non-hydrogen) atoms. The topological polar surface area (TPSA) is 63.3 Å². The van der Waals surface area contributed by atoms with Crippen LogP contribution in [0.4, 0.5) is 0 Å². The Morgan fingerprint density at radius 2 is 2.23 bits per heavy atom. The quantitative estimate of drug-likeness (QED) is 0.635. The van der Waals surface area contributed by atoms with Gasteiger partial charge in [-0.15, -0.1) is 0 Å². The smallest absolute Gasteiger partial charge is 0.249 e. The largest absolute Gasteiger partial charge is 0.380 e. The van der Waals surface area contributed by atoms with Gasteiger partial charge < -0.3 is 10.8 Å². The zero-order valence-electron chi connectivity index (χ0n) is 8.25. The van der Waals surface area contributed by atoms with E-state index >= 15 is 0 Å². The molecule has 76 valence electrons. The van der Waals surface area contributed by atoms with Crippen molar-refractivity contribution in [1.82, 2.24) is 0 Å². The molecule has 1 rings (SSSR count). The third-order valence-electron chi connectivity index (χ3n) is 3.20. The summed E-state index contributed by atoms with van der Waals surface area (Å²) < 4.78 is 0. The van der Waals surface area contributed by atoms with E-state index in [0.29, 0.717) is 18.8 Å². The minimum atomic E-state index is -1.22. The Balaban J connectivity index is 2.58. The molecule has 2 atom stereocenters. The average molecular weight is 185 g/mol. The molecular formula is C10H19NO2. The summed E-state index contributed by atoms with van der Waals surface area (Å²) in [5.41, 5.74) is 3.95. The molecule has 0 heterocycles. The summed E-state index contributed by atoms with van der Waals surface area (Å²) in [5, 5.41) is 9.87. The van der Waals surface area contributed by atoms with Crippen molar-refractivity contribution in [1.29, 1.82) is 0 Å². The predicted molar refractivity (Wildman–Crippen MR) is 51.0 cm³/mol. The third kappa shape index (κ3) is 2.44. The fourth-order valence-corrected chi connectivity index (χ4v) is 2.05. The molecule has 0 aromatic rings. The lowest BCUT2D eigenvalue weighted by Gasteiger charge is -2.22. The zero-order chi connectivity index (χ0) is 9.90. The summed E-state index contributed by atoms with van der Waals surface area (Å²) in [5.74, 6) is 0.109. The molecule has 0 saturated heterocycles.